The second kappa shape index (κ2) is 7.58. The number of hydrogen-bond donors (Lipinski definition) is 0. The van der Waals surface area contributed by atoms with E-state index in [9.17, 15) is 8.78 Å². The van der Waals surface area contributed by atoms with E-state index in [1.807, 2.05) is 0 Å². The number of methoxy groups -OCH3 is 4. The summed E-state index contributed by atoms with van der Waals surface area (Å²) in [4.78, 5) is 0. The first kappa shape index (κ1) is 17.5. The zero-order valence-corrected chi connectivity index (χ0v) is 13.6. The van der Waals surface area contributed by atoms with Gasteiger partial charge in [0.2, 0.25) is 11.6 Å². The maximum atomic E-state index is 13.9. The maximum Gasteiger partial charge on any atom is 0.203 e. The molecular weight excluding hydrogens is 322 g/mol. The number of azo groups is 1. The summed E-state index contributed by atoms with van der Waals surface area (Å²) < 4.78 is 47.8. The van der Waals surface area contributed by atoms with E-state index in [2.05, 4.69) is 10.2 Å². The molecule has 0 radical (unpaired) electrons. The van der Waals surface area contributed by atoms with Gasteiger partial charge in [-0.1, -0.05) is 0 Å². The Morgan fingerprint density at radius 2 is 1.29 bits per heavy atom. The predicted molar refractivity (Wildman–Crippen MR) is 83.2 cm³/mol. The summed E-state index contributed by atoms with van der Waals surface area (Å²) in [6.45, 7) is 0. The molecule has 0 aromatic heterocycles. The minimum absolute atomic E-state index is 0.209. The minimum Gasteiger partial charge on any atom is -0.494 e. The molecule has 0 saturated heterocycles. The van der Waals surface area contributed by atoms with Crippen molar-refractivity contribution in [3.05, 3.63) is 35.9 Å². The Labute approximate surface area is 137 Å². The SMILES string of the molecule is COc1ccc(N=Nc2cc(OC)c(OC)c(OC)c2)c(F)c1F. The molecular formula is C16H16F2N2O4. The Morgan fingerprint density at radius 3 is 1.79 bits per heavy atom. The summed E-state index contributed by atoms with van der Waals surface area (Å²) in [6, 6.07) is 5.59. The molecule has 128 valence electrons. The first-order valence-electron chi connectivity index (χ1n) is 6.79. The highest BCUT2D eigenvalue weighted by molar-refractivity contribution is 5.60. The third-order valence-electron chi connectivity index (χ3n) is 3.17. The van der Waals surface area contributed by atoms with Crippen molar-refractivity contribution in [2.45, 2.75) is 0 Å². The number of nitrogens with zero attached hydrogens (tertiary/aromatic N) is 2. The van der Waals surface area contributed by atoms with E-state index in [1.165, 1.54) is 52.7 Å². The van der Waals surface area contributed by atoms with Crippen molar-refractivity contribution < 1.29 is 27.7 Å². The number of rotatable bonds is 6. The minimum atomic E-state index is -1.15. The fourth-order valence-corrected chi connectivity index (χ4v) is 1.99. The fraction of sp³-hybridized carbons (Fsp3) is 0.250. The summed E-state index contributed by atoms with van der Waals surface area (Å²) in [5, 5.41) is 7.61. The smallest absolute Gasteiger partial charge is 0.203 e. The second-order valence-electron chi connectivity index (χ2n) is 4.50. The monoisotopic (exact) mass is 338 g/mol. The highest BCUT2D eigenvalue weighted by atomic mass is 19.2. The van der Waals surface area contributed by atoms with Crippen molar-refractivity contribution in [1.82, 2.24) is 0 Å². The Kier molecular flexibility index (Phi) is 5.51. The second-order valence-corrected chi connectivity index (χ2v) is 4.50. The molecule has 0 amide bonds. The Hall–Kier alpha value is -2.90. The molecule has 2 aromatic carbocycles. The molecule has 2 rings (SSSR count). The van der Waals surface area contributed by atoms with Gasteiger partial charge in [0.15, 0.2) is 23.1 Å². The molecule has 0 aliphatic heterocycles. The average molecular weight is 338 g/mol. The van der Waals surface area contributed by atoms with Gasteiger partial charge in [0.05, 0.1) is 34.1 Å². The van der Waals surface area contributed by atoms with Crippen molar-refractivity contribution in [1.29, 1.82) is 0 Å². The van der Waals surface area contributed by atoms with Crippen molar-refractivity contribution in [3.63, 3.8) is 0 Å². The largest absolute Gasteiger partial charge is 0.494 e. The molecule has 0 unspecified atom stereocenters. The van der Waals surface area contributed by atoms with Crippen LogP contribution in [0.2, 0.25) is 0 Å². The molecule has 0 saturated carbocycles. The van der Waals surface area contributed by atoms with E-state index in [1.54, 1.807) is 0 Å². The predicted octanol–water partition coefficient (Wildman–Crippen LogP) is 4.41. The van der Waals surface area contributed by atoms with Crippen molar-refractivity contribution in [3.8, 4) is 23.0 Å². The van der Waals surface area contributed by atoms with Crippen LogP contribution in [0.4, 0.5) is 20.2 Å². The molecule has 0 bridgehead atoms. The molecule has 0 aliphatic rings. The molecule has 2 aromatic rings. The van der Waals surface area contributed by atoms with Gasteiger partial charge in [-0.3, -0.25) is 0 Å². The van der Waals surface area contributed by atoms with Gasteiger partial charge >= 0.3 is 0 Å². The van der Waals surface area contributed by atoms with Gasteiger partial charge < -0.3 is 18.9 Å². The lowest BCUT2D eigenvalue weighted by Crippen LogP contribution is -1.94. The summed E-state index contributed by atoms with van der Waals surface area (Å²) in [7, 11) is 5.62. The van der Waals surface area contributed by atoms with E-state index in [-0.39, 0.29) is 11.4 Å². The quantitative estimate of drug-likeness (QED) is 0.732. The molecule has 8 heteroatoms. The molecule has 0 atom stereocenters. The Morgan fingerprint density at radius 1 is 0.708 bits per heavy atom. The average Bonchev–Trinajstić information content (AvgIpc) is 2.61. The number of ether oxygens (including phenoxy) is 4. The van der Waals surface area contributed by atoms with Crippen LogP contribution in [-0.2, 0) is 0 Å². The molecule has 0 aliphatic carbocycles. The lowest BCUT2D eigenvalue weighted by Gasteiger charge is -2.12. The molecule has 24 heavy (non-hydrogen) atoms. The number of halogens is 2. The van der Waals surface area contributed by atoms with Crippen LogP contribution in [0.3, 0.4) is 0 Å². The van der Waals surface area contributed by atoms with Gasteiger partial charge in [0.25, 0.3) is 0 Å². The highest BCUT2D eigenvalue weighted by Gasteiger charge is 2.15. The Balaban J connectivity index is 2.41. The first-order valence-corrected chi connectivity index (χ1v) is 6.79. The van der Waals surface area contributed by atoms with Gasteiger partial charge in [-0.15, -0.1) is 5.11 Å². The first-order chi connectivity index (χ1) is 11.5. The number of benzene rings is 2. The van der Waals surface area contributed by atoms with Crippen LogP contribution >= 0.6 is 0 Å². The fourth-order valence-electron chi connectivity index (χ4n) is 1.99. The van der Waals surface area contributed by atoms with Gasteiger partial charge in [-0.2, -0.15) is 9.50 Å². The molecule has 0 N–H and O–H groups in total. The summed E-state index contributed by atoms with van der Waals surface area (Å²) in [6.07, 6.45) is 0. The van der Waals surface area contributed by atoms with E-state index >= 15 is 0 Å². The van der Waals surface area contributed by atoms with Gasteiger partial charge in [0, 0.05) is 12.1 Å². The zero-order valence-electron chi connectivity index (χ0n) is 13.6. The summed E-state index contributed by atoms with van der Waals surface area (Å²) in [5.41, 5.74) is 0.0576. The van der Waals surface area contributed by atoms with Crippen LogP contribution in [0.5, 0.6) is 23.0 Å². The van der Waals surface area contributed by atoms with Crippen molar-refractivity contribution in [2.24, 2.45) is 10.2 Å². The lowest BCUT2D eigenvalue weighted by atomic mass is 10.2. The van der Waals surface area contributed by atoms with Crippen molar-refractivity contribution >= 4 is 11.4 Å². The zero-order chi connectivity index (χ0) is 17.7. The topological polar surface area (TPSA) is 61.6 Å². The number of hydrogen-bond acceptors (Lipinski definition) is 6. The van der Waals surface area contributed by atoms with Crippen LogP contribution in [0.1, 0.15) is 0 Å². The lowest BCUT2D eigenvalue weighted by molar-refractivity contribution is 0.324. The van der Waals surface area contributed by atoms with Crippen LogP contribution in [0.25, 0.3) is 0 Å². The highest BCUT2D eigenvalue weighted by Crippen LogP contribution is 2.41. The maximum absolute atomic E-state index is 13.9. The van der Waals surface area contributed by atoms with Gasteiger partial charge in [-0.25, -0.2) is 4.39 Å². The van der Waals surface area contributed by atoms with E-state index in [0.717, 1.165) is 0 Å². The third kappa shape index (κ3) is 3.37. The third-order valence-corrected chi connectivity index (χ3v) is 3.17. The molecule has 0 spiro atoms. The molecule has 0 fully saturated rings. The van der Waals surface area contributed by atoms with Crippen LogP contribution < -0.4 is 18.9 Å². The van der Waals surface area contributed by atoms with E-state index < -0.39 is 11.6 Å². The van der Waals surface area contributed by atoms with E-state index in [4.69, 9.17) is 18.9 Å². The van der Waals surface area contributed by atoms with Crippen molar-refractivity contribution in [2.75, 3.05) is 28.4 Å². The van der Waals surface area contributed by atoms with Gasteiger partial charge in [-0.05, 0) is 12.1 Å². The molecule has 6 nitrogen and oxygen atoms in total. The van der Waals surface area contributed by atoms with Gasteiger partial charge in [0.1, 0.15) is 5.69 Å². The summed E-state index contributed by atoms with van der Waals surface area (Å²) >= 11 is 0. The molecule has 0 heterocycles. The summed E-state index contributed by atoms with van der Waals surface area (Å²) in [5.74, 6) is -1.36. The van der Waals surface area contributed by atoms with Crippen LogP contribution in [0, 0.1) is 11.6 Å². The normalized spacial score (nSPS) is 10.8. The Bertz CT molecular complexity index is 741. The van der Waals surface area contributed by atoms with E-state index in [0.29, 0.717) is 22.9 Å². The van der Waals surface area contributed by atoms with Crippen LogP contribution in [-0.4, -0.2) is 28.4 Å². The standard InChI is InChI=1S/C16H16F2N2O4/c1-21-11-6-5-10(14(17)15(11)18)20-19-9-7-12(22-2)16(24-4)13(8-9)23-3/h5-8H,1-4H3. The van der Waals surface area contributed by atoms with Crippen LogP contribution in [0.15, 0.2) is 34.5 Å².